The molecule has 2 N–H and O–H groups in total. The fourth-order valence-electron chi connectivity index (χ4n) is 2.05. The van der Waals surface area contributed by atoms with E-state index < -0.39 is 0 Å². The minimum Gasteiger partial charge on any atom is -0.469 e. The lowest BCUT2D eigenvalue weighted by molar-refractivity contribution is -0.885. The van der Waals surface area contributed by atoms with E-state index in [-0.39, 0.29) is 11.9 Å². The molecule has 1 unspecified atom stereocenters. The van der Waals surface area contributed by atoms with Crippen LogP contribution in [0.4, 0.5) is 0 Å². The van der Waals surface area contributed by atoms with E-state index >= 15 is 0 Å². The summed E-state index contributed by atoms with van der Waals surface area (Å²) in [6.45, 7) is 1.73. The molecule has 6 heteroatoms. The highest BCUT2D eigenvalue weighted by atomic mass is 32.2. The van der Waals surface area contributed by atoms with Gasteiger partial charge in [0.2, 0.25) is 0 Å². The summed E-state index contributed by atoms with van der Waals surface area (Å²) < 4.78 is 4.55. The molecule has 22 heavy (non-hydrogen) atoms. The highest BCUT2D eigenvalue weighted by Crippen LogP contribution is 2.14. The van der Waals surface area contributed by atoms with Crippen molar-refractivity contribution in [1.29, 1.82) is 0 Å². The fourth-order valence-corrected chi connectivity index (χ4v) is 2.46. The molecule has 0 aliphatic carbocycles. The van der Waals surface area contributed by atoms with Crippen molar-refractivity contribution >= 4 is 23.6 Å². The first kappa shape index (κ1) is 18.5. The summed E-state index contributed by atoms with van der Waals surface area (Å²) >= 11 is 1.72. The minimum atomic E-state index is -0.245. The summed E-state index contributed by atoms with van der Waals surface area (Å²) in [4.78, 5) is 25.1. The first-order chi connectivity index (χ1) is 10.5. The highest BCUT2D eigenvalue weighted by Gasteiger charge is 2.10. The van der Waals surface area contributed by atoms with Crippen LogP contribution in [0.25, 0.3) is 0 Å². The number of nitrogens with one attached hydrogen (secondary N) is 2. The van der Waals surface area contributed by atoms with Gasteiger partial charge < -0.3 is 15.0 Å². The second-order valence-corrected chi connectivity index (χ2v) is 6.07. The summed E-state index contributed by atoms with van der Waals surface area (Å²) in [5.41, 5.74) is 1.22. The van der Waals surface area contributed by atoms with Crippen LogP contribution >= 0.6 is 11.8 Å². The summed E-state index contributed by atoms with van der Waals surface area (Å²) in [5, 5.41) is 2.83. The molecule has 0 saturated carbocycles. The van der Waals surface area contributed by atoms with Gasteiger partial charge in [0.1, 0.15) is 6.54 Å². The van der Waals surface area contributed by atoms with Crippen LogP contribution in [0.2, 0.25) is 0 Å². The summed E-state index contributed by atoms with van der Waals surface area (Å²) in [6.07, 6.45) is 2.99. The molecule has 1 aromatic rings. The van der Waals surface area contributed by atoms with Gasteiger partial charge in [0, 0.05) is 23.4 Å². The molecule has 0 saturated heterocycles. The number of methoxy groups -OCH3 is 1. The average molecular weight is 325 g/mol. The second kappa shape index (κ2) is 10.2. The fraction of sp³-hybridized carbons (Fsp3) is 0.500. The number of benzene rings is 1. The topological polar surface area (TPSA) is 59.8 Å². The minimum absolute atomic E-state index is 0.00287. The first-order valence-electron chi connectivity index (χ1n) is 7.33. The average Bonchev–Trinajstić information content (AvgIpc) is 2.51. The maximum Gasteiger partial charge on any atom is 0.305 e. The van der Waals surface area contributed by atoms with Crippen molar-refractivity contribution in [3.05, 3.63) is 29.8 Å². The molecule has 1 amide bonds. The number of rotatable bonds is 9. The predicted octanol–water partition coefficient (Wildman–Crippen LogP) is 0.493. The molecule has 1 atom stereocenters. The van der Waals surface area contributed by atoms with Crippen LogP contribution in [-0.2, 0) is 20.9 Å². The van der Waals surface area contributed by atoms with E-state index in [1.54, 1.807) is 11.8 Å². The zero-order valence-corrected chi connectivity index (χ0v) is 14.3. The van der Waals surface area contributed by atoms with Gasteiger partial charge in [-0.1, -0.05) is 12.1 Å². The molecule has 0 radical (unpaired) electrons. The summed E-state index contributed by atoms with van der Waals surface area (Å²) in [5.74, 6) is -0.242. The highest BCUT2D eigenvalue weighted by molar-refractivity contribution is 7.98. The Morgan fingerprint density at radius 3 is 2.55 bits per heavy atom. The molecule has 1 aromatic carbocycles. The van der Waals surface area contributed by atoms with Gasteiger partial charge in [-0.3, -0.25) is 9.59 Å². The smallest absolute Gasteiger partial charge is 0.305 e. The van der Waals surface area contributed by atoms with Crippen molar-refractivity contribution in [1.82, 2.24) is 5.32 Å². The Morgan fingerprint density at radius 1 is 1.27 bits per heavy atom. The molecule has 0 aliphatic rings. The molecule has 0 bridgehead atoms. The molecule has 122 valence electrons. The van der Waals surface area contributed by atoms with Crippen LogP contribution in [0.1, 0.15) is 18.4 Å². The van der Waals surface area contributed by atoms with Gasteiger partial charge in [-0.05, 0) is 24.8 Å². The van der Waals surface area contributed by atoms with E-state index in [4.69, 9.17) is 0 Å². The van der Waals surface area contributed by atoms with Gasteiger partial charge in [-0.2, -0.15) is 0 Å². The molecule has 0 aliphatic heterocycles. The van der Waals surface area contributed by atoms with Crippen molar-refractivity contribution in [2.24, 2.45) is 0 Å². The molecular formula is C16H25N2O3S+. The van der Waals surface area contributed by atoms with Gasteiger partial charge in [-0.15, -0.1) is 11.8 Å². The van der Waals surface area contributed by atoms with E-state index in [0.717, 1.165) is 11.4 Å². The lowest BCUT2D eigenvalue weighted by atomic mass is 10.2. The van der Waals surface area contributed by atoms with Crippen molar-refractivity contribution in [3.8, 4) is 0 Å². The predicted molar refractivity (Wildman–Crippen MR) is 87.9 cm³/mol. The number of amides is 1. The molecule has 0 aromatic heterocycles. The monoisotopic (exact) mass is 325 g/mol. The van der Waals surface area contributed by atoms with E-state index in [1.807, 2.05) is 7.05 Å². The molecule has 0 fully saturated rings. The lowest BCUT2D eigenvalue weighted by Crippen LogP contribution is -3.08. The maximum atomic E-state index is 11.8. The van der Waals surface area contributed by atoms with Crippen LogP contribution in [0.5, 0.6) is 0 Å². The van der Waals surface area contributed by atoms with Gasteiger partial charge in [0.05, 0.1) is 14.2 Å². The Bertz CT molecular complexity index is 477. The third-order valence-corrected chi connectivity index (χ3v) is 3.98. The van der Waals surface area contributed by atoms with Crippen molar-refractivity contribution < 1.29 is 19.2 Å². The van der Waals surface area contributed by atoms with E-state index in [9.17, 15) is 9.59 Å². The number of esters is 1. The number of ether oxygens (including phenoxy) is 1. The normalized spacial score (nSPS) is 11.8. The van der Waals surface area contributed by atoms with Crippen molar-refractivity contribution in [3.63, 3.8) is 0 Å². The summed E-state index contributed by atoms with van der Waals surface area (Å²) in [7, 11) is 3.36. The Kier molecular flexibility index (Phi) is 8.62. The van der Waals surface area contributed by atoms with E-state index in [1.165, 1.54) is 17.6 Å². The molecule has 0 spiro atoms. The van der Waals surface area contributed by atoms with Gasteiger partial charge in [0.25, 0.3) is 5.91 Å². The van der Waals surface area contributed by atoms with Crippen LogP contribution in [0.3, 0.4) is 0 Å². The quantitative estimate of drug-likeness (QED) is 0.394. The van der Waals surface area contributed by atoms with Gasteiger partial charge in [-0.25, -0.2) is 0 Å². The SMILES string of the molecule is COC(=O)CCCNC(=O)C[NH+](C)Cc1ccc(SC)cc1. The molecule has 1 rings (SSSR count). The zero-order valence-electron chi connectivity index (χ0n) is 13.5. The Labute approximate surface area is 136 Å². The summed E-state index contributed by atoms with van der Waals surface area (Å²) in [6, 6.07) is 8.40. The van der Waals surface area contributed by atoms with Crippen LogP contribution in [0, 0.1) is 0 Å². The third kappa shape index (κ3) is 7.47. The molecule has 5 nitrogen and oxygen atoms in total. The van der Waals surface area contributed by atoms with E-state index in [0.29, 0.717) is 25.9 Å². The molecular weight excluding hydrogens is 300 g/mol. The van der Waals surface area contributed by atoms with Crippen molar-refractivity contribution in [2.75, 3.05) is 33.5 Å². The van der Waals surface area contributed by atoms with Crippen LogP contribution < -0.4 is 10.2 Å². The Hall–Kier alpha value is -1.53. The number of carbonyl (C=O) groups is 2. The van der Waals surface area contributed by atoms with Gasteiger partial charge in [0.15, 0.2) is 6.54 Å². The molecule has 0 heterocycles. The second-order valence-electron chi connectivity index (χ2n) is 5.19. The first-order valence-corrected chi connectivity index (χ1v) is 8.55. The number of carbonyl (C=O) groups excluding carboxylic acids is 2. The van der Waals surface area contributed by atoms with Gasteiger partial charge >= 0.3 is 5.97 Å². The Morgan fingerprint density at radius 2 is 1.95 bits per heavy atom. The van der Waals surface area contributed by atoms with E-state index in [2.05, 4.69) is 40.6 Å². The van der Waals surface area contributed by atoms with Crippen molar-refractivity contribution in [2.45, 2.75) is 24.3 Å². The maximum absolute atomic E-state index is 11.8. The lowest BCUT2D eigenvalue weighted by Gasteiger charge is -2.14. The third-order valence-electron chi connectivity index (χ3n) is 3.23. The number of thioether (sulfide) groups is 1. The Balaban J connectivity index is 2.24. The number of quaternary nitrogens is 1. The standard InChI is InChI=1S/C16H24N2O3S/c1-18(11-13-6-8-14(22-3)9-7-13)12-15(19)17-10-4-5-16(20)21-2/h6-9H,4-5,10-12H2,1-3H3,(H,17,19)/p+1. The largest absolute Gasteiger partial charge is 0.469 e. The zero-order chi connectivity index (χ0) is 16.4. The number of likely N-dealkylation sites (N-methyl/N-ethyl adjacent to an activating group) is 1. The number of hydrogen-bond donors (Lipinski definition) is 2. The van der Waals surface area contributed by atoms with Crippen LogP contribution in [-0.4, -0.2) is 45.4 Å². The van der Waals surface area contributed by atoms with Crippen LogP contribution in [0.15, 0.2) is 29.2 Å². The number of hydrogen-bond acceptors (Lipinski definition) is 4.